The highest BCUT2D eigenvalue weighted by Gasteiger charge is 2.10. The molecule has 7 heteroatoms. The van der Waals surface area contributed by atoms with Gasteiger partial charge < -0.3 is 15.3 Å². The summed E-state index contributed by atoms with van der Waals surface area (Å²) in [7, 11) is 0. The first kappa shape index (κ1) is 14.3. The van der Waals surface area contributed by atoms with Gasteiger partial charge in [-0.05, 0) is 74.9 Å². The van der Waals surface area contributed by atoms with Crippen LogP contribution in [-0.2, 0) is 0 Å². The molecular weight excluding hydrogens is 449 g/mol. The number of nitrogens with one attached hydrogen (secondary N) is 3. The van der Waals surface area contributed by atoms with Gasteiger partial charge in [0, 0.05) is 13.6 Å². The largest absolute Gasteiger partial charge is 0.323 e. The number of hydrogen-bond acceptors (Lipinski definition) is 2. The lowest BCUT2D eigenvalue weighted by Crippen LogP contribution is -2.12. The minimum absolute atomic E-state index is 0.204. The first-order chi connectivity index (χ1) is 10.0. The van der Waals surface area contributed by atoms with E-state index < -0.39 is 0 Å². The predicted octanol–water partition coefficient (Wildman–Crippen LogP) is 3.48. The average Bonchev–Trinajstić information content (AvgIpc) is 2.79. The molecule has 0 aliphatic heterocycles. The highest BCUT2D eigenvalue weighted by Crippen LogP contribution is 2.26. The van der Waals surface area contributed by atoms with Crippen molar-refractivity contribution in [3.63, 3.8) is 0 Å². The standard InChI is InChI=1S/C14H9BrIN3O2/c15-9-5-11-12(19-14(21)18-11)6-10(9)17-13(20)7-1-3-8(16)4-2-7/h1-6H,(H,17,20)(H2,18,19,21). The third kappa shape index (κ3) is 3.03. The number of aromatic nitrogens is 2. The van der Waals surface area contributed by atoms with Crippen LogP contribution in [0.15, 0.2) is 45.7 Å². The Hall–Kier alpha value is -1.61. The molecule has 1 aromatic heterocycles. The summed E-state index contributed by atoms with van der Waals surface area (Å²) in [6.45, 7) is 0. The van der Waals surface area contributed by atoms with E-state index in [2.05, 4.69) is 53.8 Å². The van der Waals surface area contributed by atoms with Gasteiger partial charge in [-0.1, -0.05) is 0 Å². The summed E-state index contributed by atoms with van der Waals surface area (Å²) in [6, 6.07) is 10.7. The maximum atomic E-state index is 12.2. The number of amides is 1. The summed E-state index contributed by atoms with van der Waals surface area (Å²) in [4.78, 5) is 28.8. The molecule has 0 radical (unpaired) electrons. The van der Waals surface area contributed by atoms with E-state index in [4.69, 9.17) is 0 Å². The van der Waals surface area contributed by atoms with Gasteiger partial charge in [-0.15, -0.1) is 0 Å². The second kappa shape index (κ2) is 5.64. The normalized spacial score (nSPS) is 10.8. The topological polar surface area (TPSA) is 77.8 Å². The Balaban J connectivity index is 1.93. The SMILES string of the molecule is O=C(Nc1cc2[nH]c(=O)[nH]c2cc1Br)c1ccc(I)cc1. The van der Waals surface area contributed by atoms with E-state index >= 15 is 0 Å². The molecule has 0 spiro atoms. The summed E-state index contributed by atoms with van der Waals surface area (Å²) in [5.74, 6) is -0.204. The highest BCUT2D eigenvalue weighted by atomic mass is 127. The minimum Gasteiger partial charge on any atom is -0.321 e. The molecule has 5 nitrogen and oxygen atoms in total. The Bertz CT molecular complexity index is 883. The van der Waals surface area contributed by atoms with Crippen molar-refractivity contribution in [2.75, 3.05) is 5.32 Å². The molecule has 1 heterocycles. The number of halogens is 2. The van der Waals surface area contributed by atoms with Crippen LogP contribution in [0.2, 0.25) is 0 Å². The fourth-order valence-electron chi connectivity index (χ4n) is 1.95. The van der Waals surface area contributed by atoms with Crippen LogP contribution in [0.5, 0.6) is 0 Å². The molecule has 21 heavy (non-hydrogen) atoms. The molecule has 2 aromatic carbocycles. The minimum atomic E-state index is -0.280. The van der Waals surface area contributed by atoms with Crippen molar-refractivity contribution in [3.05, 3.63) is 60.5 Å². The van der Waals surface area contributed by atoms with E-state index in [1.54, 1.807) is 24.3 Å². The number of hydrogen-bond donors (Lipinski definition) is 3. The van der Waals surface area contributed by atoms with E-state index in [0.29, 0.717) is 26.8 Å². The Labute approximate surface area is 141 Å². The maximum Gasteiger partial charge on any atom is 0.323 e. The number of imidazole rings is 1. The smallest absolute Gasteiger partial charge is 0.321 e. The van der Waals surface area contributed by atoms with E-state index in [-0.39, 0.29) is 11.6 Å². The Morgan fingerprint density at radius 3 is 2.38 bits per heavy atom. The van der Waals surface area contributed by atoms with Gasteiger partial charge >= 0.3 is 5.69 Å². The number of H-pyrrole nitrogens is 2. The zero-order valence-electron chi connectivity index (χ0n) is 10.5. The van der Waals surface area contributed by atoms with Gasteiger partial charge in [0.15, 0.2) is 0 Å². The summed E-state index contributed by atoms with van der Waals surface area (Å²) < 4.78 is 1.76. The van der Waals surface area contributed by atoms with Gasteiger partial charge in [-0.3, -0.25) is 4.79 Å². The fraction of sp³-hybridized carbons (Fsp3) is 0. The van der Waals surface area contributed by atoms with Crippen LogP contribution < -0.4 is 11.0 Å². The van der Waals surface area contributed by atoms with Crippen molar-refractivity contribution in [2.45, 2.75) is 0 Å². The van der Waals surface area contributed by atoms with Crippen molar-refractivity contribution in [1.82, 2.24) is 9.97 Å². The van der Waals surface area contributed by atoms with Gasteiger partial charge in [-0.2, -0.15) is 0 Å². The molecule has 0 saturated carbocycles. The third-order valence-electron chi connectivity index (χ3n) is 2.96. The maximum absolute atomic E-state index is 12.2. The Kier molecular flexibility index (Phi) is 3.85. The second-order valence-electron chi connectivity index (χ2n) is 4.42. The van der Waals surface area contributed by atoms with Crippen molar-refractivity contribution in [2.24, 2.45) is 0 Å². The van der Waals surface area contributed by atoms with Gasteiger partial charge in [0.25, 0.3) is 5.91 Å². The molecular formula is C14H9BrIN3O2. The van der Waals surface area contributed by atoms with Crippen LogP contribution in [-0.4, -0.2) is 15.9 Å². The number of aromatic amines is 2. The van der Waals surface area contributed by atoms with Crippen molar-refractivity contribution >= 4 is 61.1 Å². The van der Waals surface area contributed by atoms with E-state index in [1.165, 1.54) is 0 Å². The van der Waals surface area contributed by atoms with Crippen LogP contribution in [0.25, 0.3) is 11.0 Å². The van der Waals surface area contributed by atoms with E-state index in [1.807, 2.05) is 12.1 Å². The molecule has 0 aliphatic carbocycles. The fourth-order valence-corrected chi connectivity index (χ4v) is 2.75. The van der Waals surface area contributed by atoms with Gasteiger partial charge in [-0.25, -0.2) is 4.79 Å². The summed E-state index contributed by atoms with van der Waals surface area (Å²) in [6.07, 6.45) is 0. The van der Waals surface area contributed by atoms with Crippen LogP contribution in [0.1, 0.15) is 10.4 Å². The lowest BCUT2D eigenvalue weighted by atomic mass is 10.2. The van der Waals surface area contributed by atoms with Crippen LogP contribution in [0.3, 0.4) is 0 Å². The molecule has 1 amide bonds. The molecule has 0 saturated heterocycles. The lowest BCUT2D eigenvalue weighted by molar-refractivity contribution is 0.102. The zero-order valence-corrected chi connectivity index (χ0v) is 14.3. The number of fused-ring (bicyclic) bond motifs is 1. The summed E-state index contributed by atoms with van der Waals surface area (Å²) >= 11 is 5.57. The van der Waals surface area contributed by atoms with Crippen molar-refractivity contribution < 1.29 is 4.79 Å². The molecule has 0 aliphatic rings. The highest BCUT2D eigenvalue weighted by molar-refractivity contribution is 14.1. The average molecular weight is 458 g/mol. The number of rotatable bonds is 2. The zero-order chi connectivity index (χ0) is 15.0. The molecule has 106 valence electrons. The lowest BCUT2D eigenvalue weighted by Gasteiger charge is -2.08. The molecule has 3 rings (SSSR count). The number of anilines is 1. The van der Waals surface area contributed by atoms with Crippen molar-refractivity contribution in [1.29, 1.82) is 0 Å². The van der Waals surface area contributed by atoms with Gasteiger partial charge in [0.05, 0.1) is 16.7 Å². The third-order valence-corrected chi connectivity index (χ3v) is 4.33. The number of carbonyl (C=O) groups is 1. The Morgan fingerprint density at radius 2 is 1.71 bits per heavy atom. The summed E-state index contributed by atoms with van der Waals surface area (Å²) in [5, 5.41) is 2.82. The molecule has 0 unspecified atom stereocenters. The summed E-state index contributed by atoms with van der Waals surface area (Å²) in [5.41, 5.74) is 2.21. The molecule has 0 bridgehead atoms. The molecule has 3 aromatic rings. The molecule has 0 atom stereocenters. The first-order valence-electron chi connectivity index (χ1n) is 6.01. The second-order valence-corrected chi connectivity index (χ2v) is 6.52. The van der Waals surface area contributed by atoms with Crippen LogP contribution in [0.4, 0.5) is 5.69 Å². The number of carbonyl (C=O) groups excluding carboxylic acids is 1. The van der Waals surface area contributed by atoms with Gasteiger partial charge in [0.1, 0.15) is 0 Å². The van der Waals surface area contributed by atoms with E-state index in [9.17, 15) is 9.59 Å². The Morgan fingerprint density at radius 1 is 1.10 bits per heavy atom. The number of benzene rings is 2. The van der Waals surface area contributed by atoms with Crippen LogP contribution >= 0.6 is 38.5 Å². The van der Waals surface area contributed by atoms with E-state index in [0.717, 1.165) is 3.57 Å². The quantitative estimate of drug-likeness (QED) is 0.515. The van der Waals surface area contributed by atoms with Crippen molar-refractivity contribution in [3.8, 4) is 0 Å². The monoisotopic (exact) mass is 457 g/mol. The molecule has 0 fully saturated rings. The van der Waals surface area contributed by atoms with Gasteiger partial charge in [0.2, 0.25) is 0 Å². The molecule has 3 N–H and O–H groups in total. The first-order valence-corrected chi connectivity index (χ1v) is 7.88. The van der Waals surface area contributed by atoms with Crippen LogP contribution in [0, 0.1) is 3.57 Å². The predicted molar refractivity (Wildman–Crippen MR) is 93.7 cm³/mol.